The molecule has 26 heavy (non-hydrogen) atoms. The van der Waals surface area contributed by atoms with Gasteiger partial charge < -0.3 is 5.32 Å². The summed E-state index contributed by atoms with van der Waals surface area (Å²) in [6.45, 7) is 6.01. The van der Waals surface area contributed by atoms with Crippen molar-refractivity contribution in [3.8, 4) is 11.3 Å². The molecule has 0 saturated heterocycles. The van der Waals surface area contributed by atoms with E-state index < -0.39 is 0 Å². The molecule has 0 aliphatic heterocycles. The number of carbonyl (C=O) groups is 1. The summed E-state index contributed by atoms with van der Waals surface area (Å²) >= 11 is 1.66. The number of nitrogens with zero attached hydrogens (tertiary/aromatic N) is 2. The van der Waals surface area contributed by atoms with Gasteiger partial charge in [0.15, 0.2) is 0 Å². The van der Waals surface area contributed by atoms with Crippen molar-refractivity contribution in [2.75, 3.05) is 11.1 Å². The standard InChI is InChI=1S/C21H21N3OS/c1-4-26-20-11-10-19(23-24-20)16-6-5-7-17(13-16)22-21(25)18-12-14(2)8-9-15(18)3/h5-13H,4H2,1-3H3,(H,22,25). The van der Waals surface area contributed by atoms with Crippen LogP contribution in [0.5, 0.6) is 0 Å². The molecule has 0 bridgehead atoms. The van der Waals surface area contributed by atoms with Crippen molar-refractivity contribution in [2.45, 2.75) is 25.8 Å². The van der Waals surface area contributed by atoms with Gasteiger partial charge in [-0.25, -0.2) is 0 Å². The van der Waals surface area contributed by atoms with Crippen molar-refractivity contribution in [1.29, 1.82) is 0 Å². The van der Waals surface area contributed by atoms with Crippen molar-refractivity contribution < 1.29 is 4.79 Å². The molecule has 1 amide bonds. The summed E-state index contributed by atoms with van der Waals surface area (Å²) in [5.41, 5.74) is 5.16. The highest BCUT2D eigenvalue weighted by Gasteiger charge is 2.10. The third-order valence-electron chi connectivity index (χ3n) is 3.99. The second-order valence-electron chi connectivity index (χ2n) is 6.04. The first-order valence-corrected chi connectivity index (χ1v) is 9.51. The van der Waals surface area contributed by atoms with Crippen LogP contribution in [0.3, 0.4) is 0 Å². The van der Waals surface area contributed by atoms with Gasteiger partial charge in [-0.2, -0.15) is 0 Å². The molecule has 3 rings (SSSR count). The van der Waals surface area contributed by atoms with E-state index in [4.69, 9.17) is 0 Å². The summed E-state index contributed by atoms with van der Waals surface area (Å²) < 4.78 is 0. The van der Waals surface area contributed by atoms with Crippen LogP contribution < -0.4 is 5.32 Å². The first-order valence-electron chi connectivity index (χ1n) is 8.52. The van der Waals surface area contributed by atoms with Crippen LogP contribution >= 0.6 is 11.8 Å². The molecule has 5 heteroatoms. The summed E-state index contributed by atoms with van der Waals surface area (Å²) in [6, 6.07) is 17.5. The predicted molar refractivity (Wildman–Crippen MR) is 108 cm³/mol. The Morgan fingerprint density at radius 1 is 1.04 bits per heavy atom. The highest BCUT2D eigenvalue weighted by molar-refractivity contribution is 7.99. The van der Waals surface area contributed by atoms with Crippen LogP contribution in [0.25, 0.3) is 11.3 Å². The van der Waals surface area contributed by atoms with Gasteiger partial charge in [-0.3, -0.25) is 4.79 Å². The summed E-state index contributed by atoms with van der Waals surface area (Å²) in [6.07, 6.45) is 0. The second-order valence-corrected chi connectivity index (χ2v) is 7.33. The van der Waals surface area contributed by atoms with E-state index in [9.17, 15) is 4.79 Å². The topological polar surface area (TPSA) is 54.9 Å². The Morgan fingerprint density at radius 3 is 2.62 bits per heavy atom. The largest absolute Gasteiger partial charge is 0.322 e. The Kier molecular flexibility index (Phi) is 5.68. The van der Waals surface area contributed by atoms with Gasteiger partial charge in [-0.15, -0.1) is 22.0 Å². The van der Waals surface area contributed by atoms with Crippen LogP contribution in [-0.4, -0.2) is 21.9 Å². The number of aryl methyl sites for hydroxylation is 2. The molecule has 0 aliphatic carbocycles. The van der Waals surface area contributed by atoms with Crippen molar-refractivity contribution >= 4 is 23.4 Å². The number of amides is 1. The Hall–Kier alpha value is -2.66. The summed E-state index contributed by atoms with van der Waals surface area (Å²) in [5.74, 6) is 0.859. The van der Waals surface area contributed by atoms with Crippen LogP contribution in [0.2, 0.25) is 0 Å². The van der Waals surface area contributed by atoms with Crippen LogP contribution in [0.15, 0.2) is 59.6 Å². The number of hydrogen-bond donors (Lipinski definition) is 1. The first kappa shape index (κ1) is 18.1. The lowest BCUT2D eigenvalue weighted by Gasteiger charge is -2.10. The number of benzene rings is 2. The van der Waals surface area contributed by atoms with Gasteiger partial charge in [0, 0.05) is 16.8 Å². The van der Waals surface area contributed by atoms with Gasteiger partial charge in [0.05, 0.1) is 5.69 Å². The Balaban J connectivity index is 1.81. The van der Waals surface area contributed by atoms with E-state index >= 15 is 0 Å². The molecule has 2 aromatic carbocycles. The number of nitrogens with one attached hydrogen (secondary N) is 1. The van der Waals surface area contributed by atoms with Crippen LogP contribution in [0, 0.1) is 13.8 Å². The molecule has 0 atom stereocenters. The molecule has 0 unspecified atom stereocenters. The second kappa shape index (κ2) is 8.15. The van der Waals surface area contributed by atoms with Gasteiger partial charge in [0.1, 0.15) is 5.03 Å². The molecule has 0 fully saturated rings. The number of carbonyl (C=O) groups excluding carboxylic acids is 1. The van der Waals surface area contributed by atoms with Crippen molar-refractivity contribution in [2.24, 2.45) is 0 Å². The van der Waals surface area contributed by atoms with Crippen LogP contribution in [-0.2, 0) is 0 Å². The number of hydrogen-bond acceptors (Lipinski definition) is 4. The SMILES string of the molecule is CCSc1ccc(-c2cccc(NC(=O)c3cc(C)ccc3C)c2)nn1. The zero-order valence-corrected chi connectivity index (χ0v) is 15.9. The molecule has 0 saturated carbocycles. The zero-order chi connectivity index (χ0) is 18.5. The highest BCUT2D eigenvalue weighted by atomic mass is 32.2. The van der Waals surface area contributed by atoms with E-state index in [-0.39, 0.29) is 5.91 Å². The van der Waals surface area contributed by atoms with E-state index in [2.05, 4.69) is 22.4 Å². The fraction of sp³-hybridized carbons (Fsp3) is 0.190. The number of thioether (sulfide) groups is 1. The smallest absolute Gasteiger partial charge is 0.255 e. The van der Waals surface area contributed by atoms with Crippen molar-refractivity contribution in [3.63, 3.8) is 0 Å². The molecule has 1 aromatic heterocycles. The van der Waals surface area contributed by atoms with Crippen LogP contribution in [0.1, 0.15) is 28.4 Å². The third kappa shape index (κ3) is 4.29. The van der Waals surface area contributed by atoms with Gasteiger partial charge in [0.2, 0.25) is 0 Å². The quantitative estimate of drug-likeness (QED) is 0.639. The predicted octanol–water partition coefficient (Wildman–Crippen LogP) is 5.12. The number of aromatic nitrogens is 2. The van der Waals surface area contributed by atoms with Gasteiger partial charge in [-0.05, 0) is 55.5 Å². The maximum atomic E-state index is 12.6. The van der Waals surface area contributed by atoms with Crippen molar-refractivity contribution in [3.05, 3.63) is 71.3 Å². The molecule has 3 aromatic rings. The average molecular weight is 363 g/mol. The normalized spacial score (nSPS) is 10.6. The third-order valence-corrected chi connectivity index (χ3v) is 4.79. The Morgan fingerprint density at radius 2 is 1.88 bits per heavy atom. The van der Waals surface area contributed by atoms with Gasteiger partial charge >= 0.3 is 0 Å². The Labute approximate surface area is 158 Å². The van der Waals surface area contributed by atoms with Gasteiger partial charge in [-0.1, -0.05) is 36.8 Å². The minimum Gasteiger partial charge on any atom is -0.322 e. The fourth-order valence-electron chi connectivity index (χ4n) is 2.63. The highest BCUT2D eigenvalue weighted by Crippen LogP contribution is 2.23. The average Bonchev–Trinajstić information content (AvgIpc) is 2.65. The minimum atomic E-state index is -0.107. The lowest BCUT2D eigenvalue weighted by atomic mass is 10.0. The molecule has 1 N–H and O–H groups in total. The summed E-state index contributed by atoms with van der Waals surface area (Å²) in [4.78, 5) is 12.6. The van der Waals surface area contributed by atoms with Gasteiger partial charge in [0.25, 0.3) is 5.91 Å². The maximum Gasteiger partial charge on any atom is 0.255 e. The van der Waals surface area contributed by atoms with E-state index in [1.165, 1.54) is 0 Å². The molecular weight excluding hydrogens is 342 g/mol. The molecule has 132 valence electrons. The van der Waals surface area contributed by atoms with E-state index in [1.807, 2.05) is 68.4 Å². The first-order chi connectivity index (χ1) is 12.6. The fourth-order valence-corrected chi connectivity index (χ4v) is 3.19. The molecule has 1 heterocycles. The van der Waals surface area contributed by atoms with E-state index in [0.717, 1.165) is 38.9 Å². The van der Waals surface area contributed by atoms with Crippen molar-refractivity contribution in [1.82, 2.24) is 10.2 Å². The van der Waals surface area contributed by atoms with E-state index in [1.54, 1.807) is 11.8 Å². The lowest BCUT2D eigenvalue weighted by Crippen LogP contribution is -2.13. The summed E-state index contributed by atoms with van der Waals surface area (Å²) in [5, 5.41) is 12.4. The monoisotopic (exact) mass is 363 g/mol. The molecule has 4 nitrogen and oxygen atoms in total. The zero-order valence-electron chi connectivity index (χ0n) is 15.1. The number of rotatable bonds is 5. The van der Waals surface area contributed by atoms with Crippen LogP contribution in [0.4, 0.5) is 5.69 Å². The maximum absolute atomic E-state index is 12.6. The number of anilines is 1. The summed E-state index contributed by atoms with van der Waals surface area (Å²) in [7, 11) is 0. The molecule has 0 aliphatic rings. The Bertz CT molecular complexity index is 923. The molecule has 0 radical (unpaired) electrons. The molecule has 0 spiro atoms. The molecular formula is C21H21N3OS. The minimum absolute atomic E-state index is 0.107. The van der Waals surface area contributed by atoms with E-state index in [0.29, 0.717) is 5.56 Å². The lowest BCUT2D eigenvalue weighted by molar-refractivity contribution is 0.102.